The zero-order chi connectivity index (χ0) is 27.2. The largest absolute Gasteiger partial charge is 0.444 e. The first kappa shape index (κ1) is 25.4. The minimum absolute atomic E-state index is 0.0425. The van der Waals surface area contributed by atoms with Crippen molar-refractivity contribution in [1.29, 1.82) is 0 Å². The Morgan fingerprint density at radius 2 is 1.84 bits per heavy atom. The topological polar surface area (TPSA) is 109 Å². The first-order chi connectivity index (χ1) is 18.0. The highest BCUT2D eigenvalue weighted by Crippen LogP contribution is 2.32. The summed E-state index contributed by atoms with van der Waals surface area (Å²) < 4.78 is 34.6. The Morgan fingerprint density at radius 1 is 1.11 bits per heavy atom. The Kier molecular flexibility index (Phi) is 6.38. The third kappa shape index (κ3) is 4.96. The van der Waals surface area contributed by atoms with Gasteiger partial charge in [-0.1, -0.05) is 6.07 Å². The van der Waals surface area contributed by atoms with E-state index in [9.17, 15) is 23.2 Å². The molecule has 2 amide bonds. The van der Waals surface area contributed by atoms with E-state index in [1.165, 1.54) is 6.07 Å². The van der Waals surface area contributed by atoms with E-state index < -0.39 is 23.1 Å². The molecule has 1 saturated heterocycles. The lowest BCUT2D eigenvalue weighted by molar-refractivity contribution is 0.0203. The van der Waals surface area contributed by atoms with Crippen LogP contribution in [0.15, 0.2) is 47.3 Å². The molecule has 1 fully saturated rings. The second-order valence-corrected chi connectivity index (χ2v) is 10.3. The number of anilines is 1. The number of rotatable bonds is 3. The van der Waals surface area contributed by atoms with Gasteiger partial charge in [0.25, 0.3) is 11.5 Å². The maximum absolute atomic E-state index is 14.2. The lowest BCUT2D eigenvalue weighted by Gasteiger charge is -2.33. The van der Waals surface area contributed by atoms with Crippen molar-refractivity contribution in [2.45, 2.75) is 45.1 Å². The van der Waals surface area contributed by atoms with E-state index in [2.05, 4.69) is 15.4 Å². The third-order valence-corrected chi connectivity index (χ3v) is 6.45. The number of amides is 2. The number of H-pyrrole nitrogens is 1. The van der Waals surface area contributed by atoms with Crippen LogP contribution in [0.1, 0.15) is 55.6 Å². The summed E-state index contributed by atoms with van der Waals surface area (Å²) in [5.41, 5.74) is 0.659. The van der Waals surface area contributed by atoms with Gasteiger partial charge >= 0.3 is 6.09 Å². The average molecular weight is 524 g/mol. The molecule has 0 atom stereocenters. The van der Waals surface area contributed by atoms with Crippen molar-refractivity contribution in [3.05, 3.63) is 75.7 Å². The molecule has 0 spiro atoms. The van der Waals surface area contributed by atoms with Gasteiger partial charge in [0, 0.05) is 31.1 Å². The number of carbonyl (C=O) groups excluding carboxylic acids is 2. The number of aromatic nitrogens is 3. The summed E-state index contributed by atoms with van der Waals surface area (Å²) in [5, 5.41) is 7.81. The van der Waals surface area contributed by atoms with Crippen molar-refractivity contribution in [3.63, 3.8) is 0 Å². The molecule has 4 aromatic rings. The second-order valence-electron chi connectivity index (χ2n) is 10.3. The number of nitrogens with one attached hydrogen (secondary N) is 2. The van der Waals surface area contributed by atoms with Crippen molar-refractivity contribution in [2.75, 3.05) is 18.4 Å². The van der Waals surface area contributed by atoms with Gasteiger partial charge in [-0.2, -0.15) is 5.10 Å². The van der Waals surface area contributed by atoms with Crippen LogP contribution >= 0.6 is 0 Å². The first-order valence-electron chi connectivity index (χ1n) is 12.3. The molecule has 9 nitrogen and oxygen atoms in total. The SMILES string of the molecule is CC(C)(C)OC(=O)N1CCC(c2cc(=O)[nH]c3c4c(NC(=O)c5ccc(F)cc5F)cccc4nn23)CC1. The number of fused-ring (bicyclic) bond motifs is 3. The van der Waals surface area contributed by atoms with Crippen LogP contribution < -0.4 is 10.9 Å². The maximum atomic E-state index is 14.2. The van der Waals surface area contributed by atoms with Crippen LogP contribution in [0.3, 0.4) is 0 Å². The number of piperidine rings is 1. The standard InChI is InChI=1S/C27H27F2N5O4/c1-27(2,3)38-26(37)33-11-9-15(10-12-33)21-14-22(35)31-24-23-19(5-4-6-20(23)32-34(21)24)30-25(36)17-8-7-16(28)13-18(17)29/h4-8,13-15H,9-12H2,1-3H3,(H,30,36)(H,31,35). The summed E-state index contributed by atoms with van der Waals surface area (Å²) in [6, 6.07) is 9.26. The van der Waals surface area contributed by atoms with Gasteiger partial charge in [-0.15, -0.1) is 0 Å². The van der Waals surface area contributed by atoms with Crippen molar-refractivity contribution in [1.82, 2.24) is 19.5 Å². The van der Waals surface area contributed by atoms with Gasteiger partial charge in [-0.25, -0.2) is 18.1 Å². The number of likely N-dealkylation sites (tertiary alicyclic amines) is 1. The van der Waals surface area contributed by atoms with Crippen LogP contribution in [0, 0.1) is 11.6 Å². The number of nitrogens with zero attached hydrogens (tertiary/aromatic N) is 3. The van der Waals surface area contributed by atoms with E-state index in [0.29, 0.717) is 59.9 Å². The Morgan fingerprint density at radius 3 is 2.53 bits per heavy atom. The fourth-order valence-electron chi connectivity index (χ4n) is 4.73. The summed E-state index contributed by atoms with van der Waals surface area (Å²) in [6.45, 7) is 6.40. The van der Waals surface area contributed by atoms with Gasteiger partial charge in [0.2, 0.25) is 0 Å². The molecule has 38 heavy (non-hydrogen) atoms. The van der Waals surface area contributed by atoms with Crippen molar-refractivity contribution >= 4 is 34.2 Å². The minimum Gasteiger partial charge on any atom is -0.444 e. The average Bonchev–Trinajstić information content (AvgIpc) is 3.22. The van der Waals surface area contributed by atoms with Gasteiger partial charge in [0.05, 0.1) is 27.8 Å². The number of ether oxygens (including phenoxy) is 1. The molecule has 3 heterocycles. The predicted molar refractivity (Wildman–Crippen MR) is 137 cm³/mol. The van der Waals surface area contributed by atoms with Crippen molar-refractivity contribution in [2.24, 2.45) is 0 Å². The molecule has 1 aliphatic rings. The molecule has 11 heteroatoms. The molecule has 198 valence electrons. The molecule has 1 aliphatic heterocycles. The van der Waals surface area contributed by atoms with Gasteiger partial charge in [-0.3, -0.25) is 9.59 Å². The molecule has 0 radical (unpaired) electrons. The number of halogens is 2. The zero-order valence-electron chi connectivity index (χ0n) is 21.2. The molecule has 5 rings (SSSR count). The molecule has 0 unspecified atom stereocenters. The van der Waals surface area contributed by atoms with E-state index in [-0.39, 0.29) is 23.1 Å². The molecule has 0 aliphatic carbocycles. The van der Waals surface area contributed by atoms with E-state index in [1.54, 1.807) is 27.6 Å². The molecular weight excluding hydrogens is 496 g/mol. The molecule has 2 aromatic carbocycles. The van der Waals surface area contributed by atoms with Gasteiger partial charge in [0.1, 0.15) is 22.9 Å². The highest BCUT2D eigenvalue weighted by atomic mass is 19.1. The summed E-state index contributed by atoms with van der Waals surface area (Å²) in [6.07, 6.45) is 0.859. The molecule has 0 saturated carbocycles. The van der Waals surface area contributed by atoms with E-state index in [0.717, 1.165) is 12.1 Å². The lowest BCUT2D eigenvalue weighted by Crippen LogP contribution is -2.41. The molecule has 2 N–H and O–H groups in total. The normalized spacial score (nSPS) is 14.7. The Balaban J connectivity index is 1.47. The number of hydrogen-bond donors (Lipinski definition) is 2. The van der Waals surface area contributed by atoms with Gasteiger partial charge in [-0.05, 0) is 57.9 Å². The first-order valence-corrected chi connectivity index (χ1v) is 12.3. The molecule has 2 aromatic heterocycles. The molecular formula is C27H27F2N5O4. The van der Waals surface area contributed by atoms with E-state index >= 15 is 0 Å². The van der Waals surface area contributed by atoms with Crippen LogP contribution in [0.25, 0.3) is 16.6 Å². The lowest BCUT2D eigenvalue weighted by atomic mass is 9.93. The summed E-state index contributed by atoms with van der Waals surface area (Å²) >= 11 is 0. The van der Waals surface area contributed by atoms with Crippen LogP contribution in [0.5, 0.6) is 0 Å². The van der Waals surface area contributed by atoms with Crippen LogP contribution in [0.4, 0.5) is 19.3 Å². The van der Waals surface area contributed by atoms with Crippen molar-refractivity contribution < 1.29 is 23.1 Å². The minimum atomic E-state index is -0.983. The summed E-state index contributed by atoms with van der Waals surface area (Å²) in [5.74, 6) is -2.57. The van der Waals surface area contributed by atoms with Gasteiger partial charge in [0.15, 0.2) is 0 Å². The van der Waals surface area contributed by atoms with Crippen molar-refractivity contribution in [3.8, 4) is 0 Å². The summed E-state index contributed by atoms with van der Waals surface area (Å²) in [7, 11) is 0. The van der Waals surface area contributed by atoms with E-state index in [4.69, 9.17) is 4.74 Å². The predicted octanol–water partition coefficient (Wildman–Crippen LogP) is 4.82. The number of carbonyl (C=O) groups is 2. The number of hydrogen-bond acceptors (Lipinski definition) is 5. The van der Waals surface area contributed by atoms with Gasteiger partial charge < -0.3 is 19.9 Å². The maximum Gasteiger partial charge on any atom is 0.410 e. The third-order valence-electron chi connectivity index (χ3n) is 6.45. The Hall–Kier alpha value is -4.28. The second kappa shape index (κ2) is 9.55. The quantitative estimate of drug-likeness (QED) is 0.400. The van der Waals surface area contributed by atoms with Crippen LogP contribution in [-0.2, 0) is 4.74 Å². The Bertz CT molecular complexity index is 1610. The van der Waals surface area contributed by atoms with Crippen LogP contribution in [-0.4, -0.2) is 50.2 Å². The van der Waals surface area contributed by atoms with E-state index in [1.807, 2.05) is 20.8 Å². The number of aromatic amines is 1. The zero-order valence-corrected chi connectivity index (χ0v) is 21.2. The highest BCUT2D eigenvalue weighted by Gasteiger charge is 2.29. The Labute approximate surface area is 216 Å². The summed E-state index contributed by atoms with van der Waals surface area (Å²) in [4.78, 5) is 42.4. The fourth-order valence-corrected chi connectivity index (χ4v) is 4.73. The fraction of sp³-hybridized carbons (Fsp3) is 0.333. The molecule has 0 bridgehead atoms. The smallest absolute Gasteiger partial charge is 0.410 e. The number of benzene rings is 2. The monoisotopic (exact) mass is 523 g/mol. The highest BCUT2D eigenvalue weighted by molar-refractivity contribution is 6.12. The van der Waals surface area contributed by atoms with Crippen LogP contribution in [0.2, 0.25) is 0 Å².